The van der Waals surface area contributed by atoms with Crippen molar-refractivity contribution in [2.75, 3.05) is 26.1 Å². The van der Waals surface area contributed by atoms with Gasteiger partial charge in [-0.2, -0.15) is 0 Å². The molecule has 0 heterocycles. The van der Waals surface area contributed by atoms with Crippen molar-refractivity contribution in [3.05, 3.63) is 39.7 Å². The van der Waals surface area contributed by atoms with Crippen molar-refractivity contribution >= 4 is 34.6 Å². The monoisotopic (exact) mass is 485 g/mol. The maximum Gasteiger partial charge on any atom is 0.255 e. The van der Waals surface area contributed by atoms with E-state index >= 15 is 0 Å². The number of carbonyl (C=O) groups excluding carboxylic acids is 3. The van der Waals surface area contributed by atoms with E-state index in [0.29, 0.717) is 17.0 Å². The zero-order valence-corrected chi connectivity index (χ0v) is 19.7. The van der Waals surface area contributed by atoms with Gasteiger partial charge in [-0.3, -0.25) is 14.4 Å². The Morgan fingerprint density at radius 1 is 1.23 bits per heavy atom. The SMILES string of the molecule is CO/N=C(\C)c1cc(N(C)C)c2c(c1O)C(O)=C1C(=O)[C@]3(O)C(O)=C(C(N)=O)C(=O)C[C@@H]3C[C@@H]1C2. The summed E-state index contributed by atoms with van der Waals surface area (Å²) in [5.41, 5.74) is 3.43. The van der Waals surface area contributed by atoms with Crippen molar-refractivity contribution < 1.29 is 39.6 Å². The molecule has 1 saturated carbocycles. The smallest absolute Gasteiger partial charge is 0.255 e. The maximum atomic E-state index is 13.6. The molecule has 1 fully saturated rings. The summed E-state index contributed by atoms with van der Waals surface area (Å²) >= 11 is 0. The number of rotatable bonds is 4. The Kier molecular flexibility index (Phi) is 5.63. The van der Waals surface area contributed by atoms with E-state index in [0.717, 1.165) is 0 Å². The number of amides is 1. The first kappa shape index (κ1) is 24.3. The molecule has 1 aromatic carbocycles. The molecule has 0 spiro atoms. The second-order valence-corrected chi connectivity index (χ2v) is 9.31. The number of benzene rings is 1. The molecule has 35 heavy (non-hydrogen) atoms. The van der Waals surface area contributed by atoms with Crippen molar-refractivity contribution in [2.24, 2.45) is 22.7 Å². The molecule has 186 valence electrons. The number of primary amides is 1. The highest BCUT2D eigenvalue weighted by atomic mass is 16.6. The maximum absolute atomic E-state index is 13.6. The van der Waals surface area contributed by atoms with Crippen LogP contribution in [-0.2, 0) is 25.6 Å². The average Bonchev–Trinajstić information content (AvgIpc) is 2.76. The minimum Gasteiger partial charge on any atom is -0.508 e. The molecule has 0 saturated heterocycles. The lowest BCUT2D eigenvalue weighted by atomic mass is 9.59. The van der Waals surface area contributed by atoms with Crippen molar-refractivity contribution in [2.45, 2.75) is 31.8 Å². The first-order valence-electron chi connectivity index (χ1n) is 11.0. The summed E-state index contributed by atoms with van der Waals surface area (Å²) in [6, 6.07) is 1.70. The van der Waals surface area contributed by atoms with E-state index < -0.39 is 52.0 Å². The normalized spacial score (nSPS) is 26.3. The van der Waals surface area contributed by atoms with Gasteiger partial charge in [0.25, 0.3) is 5.91 Å². The summed E-state index contributed by atoms with van der Waals surface area (Å²) in [6.07, 6.45) is -0.0714. The number of Topliss-reactive ketones (excluding diaryl/α,β-unsaturated/α-hetero) is 2. The summed E-state index contributed by atoms with van der Waals surface area (Å²) in [7, 11) is 4.92. The zero-order chi connectivity index (χ0) is 26.0. The highest BCUT2D eigenvalue weighted by Crippen LogP contribution is 2.53. The number of nitrogens with zero attached hydrogens (tertiary/aromatic N) is 2. The first-order valence-corrected chi connectivity index (χ1v) is 11.0. The predicted molar refractivity (Wildman–Crippen MR) is 125 cm³/mol. The zero-order valence-electron chi connectivity index (χ0n) is 19.7. The third kappa shape index (κ3) is 3.29. The Morgan fingerprint density at radius 2 is 1.89 bits per heavy atom. The van der Waals surface area contributed by atoms with Crippen molar-refractivity contribution in [3.8, 4) is 5.75 Å². The van der Waals surface area contributed by atoms with Gasteiger partial charge in [0.2, 0.25) is 5.78 Å². The van der Waals surface area contributed by atoms with Gasteiger partial charge in [-0.25, -0.2) is 0 Å². The molecule has 1 amide bonds. The highest BCUT2D eigenvalue weighted by molar-refractivity contribution is 6.22. The van der Waals surface area contributed by atoms with Crippen LogP contribution in [0.5, 0.6) is 5.75 Å². The van der Waals surface area contributed by atoms with Crippen LogP contribution in [0.3, 0.4) is 0 Å². The molecular weight excluding hydrogens is 458 g/mol. The molecule has 0 aliphatic heterocycles. The summed E-state index contributed by atoms with van der Waals surface area (Å²) in [5, 5.41) is 48.2. The number of hydrogen-bond acceptors (Lipinski definition) is 10. The molecule has 0 aromatic heterocycles. The molecule has 0 radical (unpaired) electrons. The minimum absolute atomic E-state index is 0.00369. The van der Waals surface area contributed by atoms with Gasteiger partial charge in [-0.05, 0) is 37.3 Å². The topological polar surface area (TPSA) is 183 Å². The summed E-state index contributed by atoms with van der Waals surface area (Å²) in [6.45, 7) is 1.60. The van der Waals surface area contributed by atoms with Gasteiger partial charge in [0, 0.05) is 43.3 Å². The lowest BCUT2D eigenvalue weighted by molar-refractivity contribution is -0.147. The quantitative estimate of drug-likeness (QED) is 0.234. The van der Waals surface area contributed by atoms with E-state index in [4.69, 9.17) is 10.6 Å². The number of anilines is 1. The number of carbonyl (C=O) groups is 3. The predicted octanol–water partition coefficient (Wildman–Crippen LogP) is 0.860. The molecule has 0 unspecified atom stereocenters. The number of nitrogens with two attached hydrogens (primary N) is 1. The Labute approximate surface area is 200 Å². The van der Waals surface area contributed by atoms with Crippen molar-refractivity contribution in [1.82, 2.24) is 0 Å². The molecule has 3 aliphatic rings. The Hall–Kier alpha value is -3.86. The van der Waals surface area contributed by atoms with Crippen LogP contribution in [0, 0.1) is 11.8 Å². The number of ketones is 2. The minimum atomic E-state index is -2.60. The molecule has 4 rings (SSSR count). The number of aromatic hydroxyl groups is 1. The van der Waals surface area contributed by atoms with Crippen molar-refractivity contribution in [3.63, 3.8) is 0 Å². The second-order valence-electron chi connectivity index (χ2n) is 9.31. The molecular formula is C24H27N3O8. The van der Waals surface area contributed by atoms with E-state index in [2.05, 4.69) is 5.16 Å². The van der Waals surface area contributed by atoms with E-state index in [1.54, 1.807) is 32.0 Å². The number of aliphatic hydroxyl groups excluding tert-OH is 2. The van der Waals surface area contributed by atoms with Gasteiger partial charge in [0.1, 0.15) is 30.0 Å². The number of phenols is 1. The number of oxime groups is 1. The Bertz CT molecular complexity index is 1280. The lowest BCUT2D eigenvalue weighted by Crippen LogP contribution is -2.58. The van der Waals surface area contributed by atoms with Gasteiger partial charge >= 0.3 is 0 Å². The summed E-state index contributed by atoms with van der Waals surface area (Å²) in [4.78, 5) is 44.4. The van der Waals surface area contributed by atoms with Gasteiger partial charge in [-0.1, -0.05) is 5.16 Å². The summed E-state index contributed by atoms with van der Waals surface area (Å²) < 4.78 is 0. The molecule has 0 bridgehead atoms. The number of aliphatic hydroxyl groups is 3. The first-order chi connectivity index (χ1) is 16.4. The van der Waals surface area contributed by atoms with E-state index in [1.807, 2.05) is 0 Å². The fourth-order valence-electron chi connectivity index (χ4n) is 5.53. The second kappa shape index (κ2) is 8.12. The van der Waals surface area contributed by atoms with Gasteiger partial charge in [0.05, 0.1) is 11.3 Å². The number of hydrogen-bond donors (Lipinski definition) is 5. The molecule has 1 aromatic rings. The fourth-order valence-corrected chi connectivity index (χ4v) is 5.53. The van der Waals surface area contributed by atoms with Crippen LogP contribution < -0.4 is 10.6 Å². The van der Waals surface area contributed by atoms with Crippen LogP contribution in [-0.4, -0.2) is 70.4 Å². The van der Waals surface area contributed by atoms with E-state index in [9.17, 15) is 34.8 Å². The lowest BCUT2D eigenvalue weighted by Gasteiger charge is -2.46. The van der Waals surface area contributed by atoms with Crippen LogP contribution in [0.25, 0.3) is 5.76 Å². The molecule has 3 aliphatic carbocycles. The molecule has 6 N–H and O–H groups in total. The van der Waals surface area contributed by atoms with Crippen LogP contribution >= 0.6 is 0 Å². The molecule has 3 atom stereocenters. The van der Waals surface area contributed by atoms with Crippen LogP contribution in [0.2, 0.25) is 0 Å². The van der Waals surface area contributed by atoms with Gasteiger partial charge < -0.3 is 35.9 Å². The van der Waals surface area contributed by atoms with Gasteiger partial charge in [-0.15, -0.1) is 0 Å². The Morgan fingerprint density at radius 3 is 2.46 bits per heavy atom. The highest BCUT2D eigenvalue weighted by Gasteiger charge is 2.60. The largest absolute Gasteiger partial charge is 0.508 e. The van der Waals surface area contributed by atoms with Gasteiger partial charge in [0.15, 0.2) is 11.4 Å². The van der Waals surface area contributed by atoms with Crippen molar-refractivity contribution in [1.29, 1.82) is 0 Å². The molecule has 11 heteroatoms. The van der Waals surface area contributed by atoms with Crippen LogP contribution in [0.15, 0.2) is 28.1 Å². The van der Waals surface area contributed by atoms with Crippen LogP contribution in [0.1, 0.15) is 36.5 Å². The van der Waals surface area contributed by atoms with Crippen LogP contribution in [0.4, 0.5) is 5.69 Å². The molecule has 11 nitrogen and oxygen atoms in total. The standard InChI is InChI=1S/C24H27N3O8/c1-9(26-35-4)12-8-14(27(2)3)13-6-10-5-11-7-15(28)18(23(25)33)22(32)24(11,34)21(31)16(10)20(30)17(13)19(12)29/h8,10-11,29-30,32,34H,5-7H2,1-4H3,(H2,25,33)/b26-9+/t10-,11+,24+/m1/s1. The number of fused-ring (bicyclic) bond motifs is 3. The average molecular weight is 485 g/mol. The number of phenolic OH excluding ortho intramolecular Hbond substituents is 1. The van der Waals surface area contributed by atoms with E-state index in [1.165, 1.54) is 7.11 Å². The third-order valence-corrected chi connectivity index (χ3v) is 7.14. The summed E-state index contributed by atoms with van der Waals surface area (Å²) in [5.74, 6) is -6.65. The third-order valence-electron chi connectivity index (χ3n) is 7.14. The Balaban J connectivity index is 1.99. The van der Waals surface area contributed by atoms with E-state index in [-0.39, 0.29) is 41.7 Å². The fraction of sp³-hybridized carbons (Fsp3) is 0.417.